The Labute approximate surface area is 284 Å². The van der Waals surface area contributed by atoms with Crippen LogP contribution in [0.1, 0.15) is 82.1 Å². The monoisotopic (exact) mass is 658 g/mol. The number of ether oxygens (including phenoxy) is 5. The number of anilines is 1. The second-order valence-corrected chi connectivity index (χ2v) is 14.3. The second kappa shape index (κ2) is 15.4. The van der Waals surface area contributed by atoms with E-state index in [0.29, 0.717) is 45.9 Å². The molecule has 1 saturated heterocycles. The largest absolute Gasteiger partial charge is 0.496 e. The molecule has 2 heterocycles. The van der Waals surface area contributed by atoms with E-state index < -0.39 is 5.60 Å². The number of carbonyl (C=O) groups is 2. The number of hydrogen-bond donors (Lipinski definition) is 1. The average Bonchev–Trinajstić information content (AvgIpc) is 3.04. The highest BCUT2D eigenvalue weighted by molar-refractivity contribution is 5.96. The summed E-state index contributed by atoms with van der Waals surface area (Å²) in [5, 5.41) is 3.08. The van der Waals surface area contributed by atoms with Crippen LogP contribution < -0.4 is 14.8 Å². The third kappa shape index (κ3) is 9.08. The molecular formula is C39H50N2O7. The Bertz CT molecular complexity index is 1550. The summed E-state index contributed by atoms with van der Waals surface area (Å²) in [4.78, 5) is 27.4. The van der Waals surface area contributed by atoms with Gasteiger partial charge in [0.05, 0.1) is 51.9 Å². The maximum atomic E-state index is 13.1. The number of nitrogens with one attached hydrogen (secondary N) is 1. The molecule has 2 amide bonds. The maximum absolute atomic E-state index is 13.1. The number of rotatable bonds is 12. The van der Waals surface area contributed by atoms with Gasteiger partial charge in [0.25, 0.3) is 0 Å². The van der Waals surface area contributed by atoms with E-state index in [1.54, 1.807) is 12.0 Å². The van der Waals surface area contributed by atoms with Gasteiger partial charge in [0.15, 0.2) is 0 Å². The van der Waals surface area contributed by atoms with Crippen molar-refractivity contribution in [3.05, 3.63) is 89.0 Å². The van der Waals surface area contributed by atoms with E-state index in [4.69, 9.17) is 23.7 Å². The van der Waals surface area contributed by atoms with Gasteiger partial charge in [0, 0.05) is 41.8 Å². The van der Waals surface area contributed by atoms with Crippen LogP contribution in [-0.2, 0) is 37.6 Å². The summed E-state index contributed by atoms with van der Waals surface area (Å²) in [7, 11) is 1.66. The van der Waals surface area contributed by atoms with Crippen molar-refractivity contribution in [2.24, 2.45) is 0 Å². The van der Waals surface area contributed by atoms with Crippen molar-refractivity contribution in [1.29, 1.82) is 0 Å². The summed E-state index contributed by atoms with van der Waals surface area (Å²) in [5.74, 6) is 1.69. The van der Waals surface area contributed by atoms with E-state index in [9.17, 15) is 9.59 Å². The van der Waals surface area contributed by atoms with Crippen molar-refractivity contribution >= 4 is 17.7 Å². The van der Waals surface area contributed by atoms with Crippen LogP contribution in [0.25, 0.3) is 0 Å². The van der Waals surface area contributed by atoms with Gasteiger partial charge >= 0.3 is 6.09 Å². The summed E-state index contributed by atoms with van der Waals surface area (Å²) >= 11 is 0. The molecule has 9 heteroatoms. The Kier molecular flexibility index (Phi) is 11.3. The number of para-hydroxylation sites is 2. The SMILES string of the molecule is COc1ccccc1COCCCOc1ccc(C2CCN(C(=O)OC(C)(C)C)CC2OCc2cccc3c2NC(=O)CC3(C)C)cc1. The summed E-state index contributed by atoms with van der Waals surface area (Å²) < 4.78 is 29.6. The lowest BCUT2D eigenvalue weighted by molar-refractivity contribution is -0.117. The smallest absolute Gasteiger partial charge is 0.410 e. The maximum Gasteiger partial charge on any atom is 0.410 e. The number of carbonyl (C=O) groups excluding carboxylic acids is 2. The van der Waals surface area contributed by atoms with E-state index >= 15 is 0 Å². The number of methoxy groups -OCH3 is 1. The molecule has 3 aromatic rings. The van der Waals surface area contributed by atoms with Crippen molar-refractivity contribution in [3.63, 3.8) is 0 Å². The first-order valence-electron chi connectivity index (χ1n) is 16.9. The number of nitrogens with zero attached hydrogens (tertiary/aromatic N) is 1. The molecule has 258 valence electrons. The number of fused-ring (bicyclic) bond motifs is 1. The Hall–Kier alpha value is -4.08. The van der Waals surface area contributed by atoms with Gasteiger partial charge < -0.3 is 33.9 Å². The number of benzene rings is 3. The molecule has 2 unspecified atom stereocenters. The van der Waals surface area contributed by atoms with Crippen LogP contribution in [-0.4, -0.2) is 62.0 Å². The molecule has 1 N–H and O–H groups in total. The van der Waals surface area contributed by atoms with Gasteiger partial charge in [-0.05, 0) is 56.5 Å². The molecule has 0 aliphatic carbocycles. The van der Waals surface area contributed by atoms with E-state index in [1.807, 2.05) is 69.3 Å². The first kappa shape index (κ1) is 35.2. The van der Waals surface area contributed by atoms with Gasteiger partial charge in [-0.25, -0.2) is 4.79 Å². The minimum atomic E-state index is -0.588. The van der Waals surface area contributed by atoms with Crippen molar-refractivity contribution in [2.75, 3.05) is 38.7 Å². The van der Waals surface area contributed by atoms with Crippen LogP contribution in [0.15, 0.2) is 66.7 Å². The van der Waals surface area contributed by atoms with Crippen LogP contribution in [0.3, 0.4) is 0 Å². The van der Waals surface area contributed by atoms with Gasteiger partial charge in [-0.1, -0.05) is 62.4 Å². The lowest BCUT2D eigenvalue weighted by atomic mass is 9.77. The molecule has 0 aromatic heterocycles. The predicted molar refractivity (Wildman–Crippen MR) is 186 cm³/mol. The Morgan fingerprint density at radius 3 is 2.46 bits per heavy atom. The Balaban J connectivity index is 1.21. The van der Waals surface area contributed by atoms with Gasteiger partial charge in [0.2, 0.25) is 5.91 Å². The van der Waals surface area contributed by atoms with Crippen LogP contribution in [0.4, 0.5) is 10.5 Å². The first-order chi connectivity index (χ1) is 22.9. The topological polar surface area (TPSA) is 95.6 Å². The molecule has 3 aromatic carbocycles. The van der Waals surface area contributed by atoms with E-state index in [0.717, 1.165) is 52.3 Å². The van der Waals surface area contributed by atoms with Crippen LogP contribution >= 0.6 is 0 Å². The molecule has 0 radical (unpaired) electrons. The average molecular weight is 659 g/mol. The van der Waals surface area contributed by atoms with Gasteiger partial charge in [-0.2, -0.15) is 0 Å². The van der Waals surface area contributed by atoms with Crippen molar-refractivity contribution < 1.29 is 33.3 Å². The number of hydrogen-bond acceptors (Lipinski definition) is 7. The normalized spacial score (nSPS) is 18.9. The Morgan fingerprint density at radius 1 is 0.958 bits per heavy atom. The minimum absolute atomic E-state index is 0.00859. The first-order valence-corrected chi connectivity index (χ1v) is 16.9. The van der Waals surface area contributed by atoms with Crippen molar-refractivity contribution in [2.45, 2.75) is 90.1 Å². The summed E-state index contributed by atoms with van der Waals surface area (Å²) in [5.41, 5.74) is 4.17. The number of likely N-dealkylation sites (tertiary alicyclic amines) is 1. The Morgan fingerprint density at radius 2 is 1.71 bits per heavy atom. The van der Waals surface area contributed by atoms with Gasteiger partial charge in [0.1, 0.15) is 17.1 Å². The van der Waals surface area contributed by atoms with Gasteiger partial charge in [-0.15, -0.1) is 0 Å². The van der Waals surface area contributed by atoms with Crippen LogP contribution in [0, 0.1) is 0 Å². The summed E-state index contributed by atoms with van der Waals surface area (Å²) in [6.07, 6.45) is 1.32. The number of amides is 2. The van der Waals surface area contributed by atoms with E-state index in [1.165, 1.54) is 0 Å². The zero-order valence-corrected chi connectivity index (χ0v) is 29.2. The van der Waals surface area contributed by atoms with Gasteiger partial charge in [-0.3, -0.25) is 4.79 Å². The highest BCUT2D eigenvalue weighted by atomic mass is 16.6. The van der Waals surface area contributed by atoms with Crippen LogP contribution in [0.5, 0.6) is 11.5 Å². The lowest BCUT2D eigenvalue weighted by Gasteiger charge is -2.39. The molecule has 5 rings (SSSR count). The molecule has 0 bridgehead atoms. The third-order valence-corrected chi connectivity index (χ3v) is 8.87. The molecule has 2 aliphatic heterocycles. The molecule has 0 saturated carbocycles. The summed E-state index contributed by atoms with van der Waals surface area (Å²) in [6, 6.07) is 22.1. The van der Waals surface area contributed by atoms with Crippen molar-refractivity contribution in [1.82, 2.24) is 4.90 Å². The lowest BCUT2D eigenvalue weighted by Crippen LogP contribution is -2.48. The highest BCUT2D eigenvalue weighted by Crippen LogP contribution is 2.40. The zero-order valence-electron chi connectivity index (χ0n) is 29.2. The fraction of sp³-hybridized carbons (Fsp3) is 0.487. The molecule has 1 fully saturated rings. The second-order valence-electron chi connectivity index (χ2n) is 14.3. The highest BCUT2D eigenvalue weighted by Gasteiger charge is 2.36. The molecule has 9 nitrogen and oxygen atoms in total. The molecule has 2 aliphatic rings. The fourth-order valence-electron chi connectivity index (χ4n) is 6.43. The van der Waals surface area contributed by atoms with E-state index in [-0.39, 0.29) is 29.4 Å². The molecule has 48 heavy (non-hydrogen) atoms. The van der Waals surface area contributed by atoms with Crippen molar-refractivity contribution in [3.8, 4) is 11.5 Å². The molecular weight excluding hydrogens is 608 g/mol. The summed E-state index contributed by atoms with van der Waals surface area (Å²) in [6.45, 7) is 12.7. The predicted octanol–water partition coefficient (Wildman–Crippen LogP) is 7.61. The standard InChI is InChI=1S/C39H50N2O7/c1-38(2,3)48-37(43)41-20-19-31(34(24-41)47-26-29-12-9-13-32-36(29)40-35(42)23-39(32,4)5)27-15-17-30(18-16-27)46-22-10-21-45-25-28-11-7-8-14-33(28)44-6/h7-9,11-18,31,34H,10,19-26H2,1-6H3,(H,40,42). The quantitative estimate of drug-likeness (QED) is 0.200. The molecule has 2 atom stereocenters. The van der Waals surface area contributed by atoms with E-state index in [2.05, 4.69) is 37.4 Å². The third-order valence-electron chi connectivity index (χ3n) is 8.87. The zero-order chi connectivity index (χ0) is 34.3. The minimum Gasteiger partial charge on any atom is -0.496 e. The fourth-order valence-corrected chi connectivity index (χ4v) is 6.43. The number of piperidine rings is 1. The molecule has 0 spiro atoms. The van der Waals surface area contributed by atoms with Crippen LogP contribution in [0.2, 0.25) is 0 Å².